The maximum absolute atomic E-state index is 7.04. The fourth-order valence-corrected chi connectivity index (χ4v) is 2.01. The molecule has 2 rings (SSSR count). The van der Waals surface area contributed by atoms with E-state index in [0.29, 0.717) is 0 Å². The first-order valence-corrected chi connectivity index (χ1v) is 5.70. The van der Waals surface area contributed by atoms with Crippen LogP contribution in [0.3, 0.4) is 0 Å². The van der Waals surface area contributed by atoms with Gasteiger partial charge in [0.25, 0.3) is 0 Å². The van der Waals surface area contributed by atoms with Crippen molar-refractivity contribution in [1.29, 1.82) is 0 Å². The summed E-state index contributed by atoms with van der Waals surface area (Å²) in [6, 6.07) is 6.07. The van der Waals surface area contributed by atoms with E-state index in [-0.39, 0.29) is 11.6 Å². The van der Waals surface area contributed by atoms with Gasteiger partial charge in [-0.25, -0.2) is 6.57 Å². The number of aryl methyl sites for hydroxylation is 1. The summed E-state index contributed by atoms with van der Waals surface area (Å²) in [6.45, 7) is 13.2. The Morgan fingerprint density at radius 1 is 1.44 bits per heavy atom. The molecular formula is C14H17NO. The van der Waals surface area contributed by atoms with Crippen LogP contribution in [0, 0.1) is 6.57 Å². The zero-order valence-corrected chi connectivity index (χ0v) is 10.1. The van der Waals surface area contributed by atoms with Crippen molar-refractivity contribution in [3.05, 3.63) is 40.7 Å². The quantitative estimate of drug-likeness (QED) is 0.650. The first-order chi connectivity index (χ1) is 7.52. The molecule has 1 aromatic rings. The minimum atomic E-state index is -0.0556. The molecule has 2 heteroatoms. The van der Waals surface area contributed by atoms with Crippen molar-refractivity contribution >= 4 is 0 Å². The van der Waals surface area contributed by atoms with Crippen LogP contribution in [-0.2, 0) is 6.42 Å². The Bertz CT molecular complexity index is 443. The van der Waals surface area contributed by atoms with Crippen LogP contribution in [0.25, 0.3) is 4.85 Å². The zero-order valence-electron chi connectivity index (χ0n) is 10.1. The second-order valence-electron chi connectivity index (χ2n) is 5.03. The molecule has 1 aliphatic rings. The topological polar surface area (TPSA) is 13.6 Å². The van der Waals surface area contributed by atoms with Gasteiger partial charge in [-0.1, -0.05) is 0 Å². The average Bonchev–Trinajstić information content (AvgIpc) is 2.26. The molecule has 16 heavy (non-hydrogen) atoms. The summed E-state index contributed by atoms with van der Waals surface area (Å²) in [5, 5.41) is 0. The molecule has 0 saturated heterocycles. The lowest BCUT2D eigenvalue weighted by molar-refractivity contribution is 0.0846. The Balaban J connectivity index is 2.32. The first-order valence-electron chi connectivity index (χ1n) is 5.70. The van der Waals surface area contributed by atoms with Gasteiger partial charge in [0.15, 0.2) is 0 Å². The fraction of sp³-hybridized carbons (Fsp3) is 0.500. The van der Waals surface area contributed by atoms with Gasteiger partial charge in [0.1, 0.15) is 11.4 Å². The van der Waals surface area contributed by atoms with Crippen molar-refractivity contribution in [1.82, 2.24) is 0 Å². The minimum absolute atomic E-state index is 0.0553. The van der Waals surface area contributed by atoms with E-state index in [1.807, 2.05) is 19.1 Å². The molecule has 1 aromatic carbocycles. The summed E-state index contributed by atoms with van der Waals surface area (Å²) in [6.07, 6.45) is 2.08. The molecule has 0 fully saturated rings. The van der Waals surface area contributed by atoms with Gasteiger partial charge in [0, 0.05) is 12.5 Å². The van der Waals surface area contributed by atoms with Crippen molar-refractivity contribution in [2.24, 2.45) is 0 Å². The molecule has 0 N–H and O–H groups in total. The lowest BCUT2D eigenvalue weighted by Crippen LogP contribution is -2.32. The fourth-order valence-electron chi connectivity index (χ4n) is 2.01. The van der Waals surface area contributed by atoms with E-state index in [1.165, 1.54) is 5.56 Å². The van der Waals surface area contributed by atoms with E-state index in [9.17, 15) is 0 Å². The van der Waals surface area contributed by atoms with Crippen LogP contribution >= 0.6 is 0 Å². The Morgan fingerprint density at radius 3 is 2.88 bits per heavy atom. The van der Waals surface area contributed by atoms with Gasteiger partial charge in [-0.15, -0.1) is 0 Å². The van der Waals surface area contributed by atoms with Gasteiger partial charge in [0.05, 0.1) is 0 Å². The summed E-state index contributed by atoms with van der Waals surface area (Å²) >= 11 is 0. The SMILES string of the molecule is [C-]#[N+]C(C)c1ccc2c(c1)CCC(C)(C)O2. The average molecular weight is 215 g/mol. The predicted octanol–water partition coefficient (Wildman–Crippen LogP) is 3.77. The molecule has 0 bridgehead atoms. The predicted molar refractivity (Wildman–Crippen MR) is 64.5 cm³/mol. The summed E-state index contributed by atoms with van der Waals surface area (Å²) in [7, 11) is 0. The number of fused-ring (bicyclic) bond motifs is 1. The van der Waals surface area contributed by atoms with Gasteiger partial charge < -0.3 is 9.58 Å². The van der Waals surface area contributed by atoms with Crippen LogP contribution < -0.4 is 4.74 Å². The van der Waals surface area contributed by atoms with Crippen LogP contribution in [0.2, 0.25) is 0 Å². The number of hydrogen-bond acceptors (Lipinski definition) is 1. The summed E-state index contributed by atoms with van der Waals surface area (Å²) in [5.74, 6) is 0.984. The summed E-state index contributed by atoms with van der Waals surface area (Å²) in [5.41, 5.74) is 2.28. The normalized spacial score (nSPS) is 19.1. The molecule has 0 aliphatic carbocycles. The lowest BCUT2D eigenvalue weighted by Gasteiger charge is -2.32. The third-order valence-corrected chi connectivity index (χ3v) is 3.14. The molecule has 0 spiro atoms. The Kier molecular flexibility index (Phi) is 2.63. The van der Waals surface area contributed by atoms with Gasteiger partial charge in [0.2, 0.25) is 6.04 Å². The molecule has 1 atom stereocenters. The van der Waals surface area contributed by atoms with Crippen molar-refractivity contribution < 1.29 is 4.74 Å². The minimum Gasteiger partial charge on any atom is -0.488 e. The van der Waals surface area contributed by atoms with Crippen molar-refractivity contribution in [3.63, 3.8) is 0 Å². The maximum atomic E-state index is 7.04. The maximum Gasteiger partial charge on any atom is 0.245 e. The largest absolute Gasteiger partial charge is 0.488 e. The number of rotatable bonds is 1. The third-order valence-electron chi connectivity index (χ3n) is 3.14. The first kappa shape index (κ1) is 11.0. The Hall–Kier alpha value is -1.49. The van der Waals surface area contributed by atoms with Crippen LogP contribution in [0.1, 0.15) is 44.4 Å². The summed E-state index contributed by atoms with van der Waals surface area (Å²) in [4.78, 5) is 3.55. The molecule has 1 unspecified atom stereocenters. The van der Waals surface area contributed by atoms with E-state index >= 15 is 0 Å². The highest BCUT2D eigenvalue weighted by molar-refractivity contribution is 5.40. The number of hydrogen-bond donors (Lipinski definition) is 0. The van der Waals surface area contributed by atoms with Gasteiger partial charge in [-0.05, 0) is 50.5 Å². The van der Waals surface area contributed by atoms with Gasteiger partial charge >= 0.3 is 0 Å². The highest BCUT2D eigenvalue weighted by Crippen LogP contribution is 2.34. The number of nitrogens with zero attached hydrogens (tertiary/aromatic N) is 1. The lowest BCUT2D eigenvalue weighted by atomic mass is 9.92. The van der Waals surface area contributed by atoms with Crippen molar-refractivity contribution in [3.8, 4) is 5.75 Å². The van der Waals surface area contributed by atoms with Crippen LogP contribution in [0.5, 0.6) is 5.75 Å². The van der Waals surface area contributed by atoms with E-state index in [1.54, 1.807) is 0 Å². The Morgan fingerprint density at radius 2 is 2.19 bits per heavy atom. The molecule has 2 nitrogen and oxygen atoms in total. The standard InChI is InChI=1S/C14H17NO/c1-10(15-4)11-5-6-13-12(9-11)7-8-14(2,3)16-13/h5-6,9-10H,7-8H2,1-3H3. The molecule has 84 valence electrons. The van der Waals surface area contributed by atoms with Gasteiger partial charge in [-0.2, -0.15) is 0 Å². The van der Waals surface area contributed by atoms with Crippen molar-refractivity contribution in [2.75, 3.05) is 0 Å². The molecular weight excluding hydrogens is 198 g/mol. The van der Waals surface area contributed by atoms with E-state index in [4.69, 9.17) is 11.3 Å². The van der Waals surface area contributed by atoms with Crippen molar-refractivity contribution in [2.45, 2.75) is 45.3 Å². The van der Waals surface area contributed by atoms with E-state index < -0.39 is 0 Å². The smallest absolute Gasteiger partial charge is 0.245 e. The highest BCUT2D eigenvalue weighted by Gasteiger charge is 2.27. The summed E-state index contributed by atoms with van der Waals surface area (Å²) < 4.78 is 5.91. The number of ether oxygens (including phenoxy) is 1. The molecule has 0 radical (unpaired) electrons. The van der Waals surface area contributed by atoms with E-state index in [0.717, 1.165) is 24.2 Å². The zero-order chi connectivity index (χ0) is 11.8. The van der Waals surface area contributed by atoms with Crippen LogP contribution in [0.4, 0.5) is 0 Å². The number of benzene rings is 1. The second-order valence-corrected chi connectivity index (χ2v) is 5.03. The molecule has 0 saturated carbocycles. The molecule has 0 amide bonds. The highest BCUT2D eigenvalue weighted by atomic mass is 16.5. The van der Waals surface area contributed by atoms with Gasteiger partial charge in [-0.3, -0.25) is 0 Å². The van der Waals surface area contributed by atoms with E-state index in [2.05, 4.69) is 24.8 Å². The molecule has 1 aliphatic heterocycles. The van der Waals surface area contributed by atoms with Crippen LogP contribution in [0.15, 0.2) is 18.2 Å². The molecule has 0 aromatic heterocycles. The monoisotopic (exact) mass is 215 g/mol. The third kappa shape index (κ3) is 2.04. The molecule has 1 heterocycles. The van der Waals surface area contributed by atoms with Crippen LogP contribution in [-0.4, -0.2) is 5.60 Å². The Labute approximate surface area is 97.1 Å². The second kappa shape index (κ2) is 3.83.